The maximum Gasteiger partial charge on any atom is 0.267 e. The standard InChI is InChI=1S/C13H16ClN3O2/c1-16-12(9-3-2-4-10(14)7-9)8-11(15)13(19)17-5-6-18/h2-4,7-8,18H,5-6,15H2,1H3,(H,17,19). The van der Waals surface area contributed by atoms with Gasteiger partial charge in [-0.15, -0.1) is 0 Å². The Morgan fingerprint density at radius 1 is 1.58 bits per heavy atom. The van der Waals surface area contributed by atoms with Crippen LogP contribution in [0.5, 0.6) is 0 Å². The van der Waals surface area contributed by atoms with Crippen LogP contribution in [0.1, 0.15) is 5.56 Å². The summed E-state index contributed by atoms with van der Waals surface area (Å²) in [6.07, 6.45) is 1.47. The van der Waals surface area contributed by atoms with Gasteiger partial charge in [0.15, 0.2) is 0 Å². The SMILES string of the molecule is CN=C(C=C(N)C(=O)NCCO)c1cccc(Cl)c1. The van der Waals surface area contributed by atoms with Crippen LogP contribution < -0.4 is 11.1 Å². The van der Waals surface area contributed by atoms with Crippen molar-refractivity contribution in [1.29, 1.82) is 0 Å². The number of halogens is 1. The van der Waals surface area contributed by atoms with Gasteiger partial charge in [-0.1, -0.05) is 23.7 Å². The Kier molecular flexibility index (Phi) is 6.05. The highest BCUT2D eigenvalue weighted by Crippen LogP contribution is 2.12. The molecule has 1 amide bonds. The molecule has 0 spiro atoms. The highest BCUT2D eigenvalue weighted by atomic mass is 35.5. The summed E-state index contributed by atoms with van der Waals surface area (Å²) < 4.78 is 0. The summed E-state index contributed by atoms with van der Waals surface area (Å²) in [5, 5.41) is 11.7. The molecule has 1 rings (SSSR count). The van der Waals surface area contributed by atoms with Gasteiger partial charge < -0.3 is 16.2 Å². The molecule has 0 saturated heterocycles. The first kappa shape index (κ1) is 15.2. The van der Waals surface area contributed by atoms with Crippen molar-refractivity contribution in [3.63, 3.8) is 0 Å². The lowest BCUT2D eigenvalue weighted by Crippen LogP contribution is -2.31. The molecule has 1 aromatic carbocycles. The van der Waals surface area contributed by atoms with Crippen molar-refractivity contribution in [2.24, 2.45) is 10.7 Å². The number of allylic oxidation sites excluding steroid dienone is 1. The summed E-state index contributed by atoms with van der Waals surface area (Å²) in [4.78, 5) is 15.6. The molecule has 0 unspecified atom stereocenters. The number of carbonyl (C=O) groups excluding carboxylic acids is 1. The fraction of sp³-hybridized carbons (Fsp3) is 0.231. The van der Waals surface area contributed by atoms with Crippen molar-refractivity contribution >= 4 is 23.2 Å². The van der Waals surface area contributed by atoms with E-state index in [9.17, 15) is 4.79 Å². The van der Waals surface area contributed by atoms with Crippen molar-refractivity contribution in [3.05, 3.63) is 46.6 Å². The molecule has 6 heteroatoms. The van der Waals surface area contributed by atoms with Crippen LogP contribution >= 0.6 is 11.6 Å². The summed E-state index contributed by atoms with van der Waals surface area (Å²) in [5.41, 5.74) is 7.01. The zero-order chi connectivity index (χ0) is 14.3. The zero-order valence-corrected chi connectivity index (χ0v) is 11.3. The van der Waals surface area contributed by atoms with Gasteiger partial charge in [0.2, 0.25) is 0 Å². The molecule has 0 fully saturated rings. The number of nitrogens with two attached hydrogens (primary N) is 1. The van der Waals surface area contributed by atoms with E-state index in [4.69, 9.17) is 22.4 Å². The number of aliphatic hydroxyl groups excluding tert-OH is 1. The Balaban J connectivity index is 2.90. The fourth-order valence-electron chi connectivity index (χ4n) is 1.41. The monoisotopic (exact) mass is 281 g/mol. The average molecular weight is 282 g/mol. The number of hydrogen-bond acceptors (Lipinski definition) is 4. The molecule has 5 nitrogen and oxygen atoms in total. The molecule has 0 aliphatic carbocycles. The van der Waals surface area contributed by atoms with Crippen LogP contribution in [0.3, 0.4) is 0 Å². The third-order valence-corrected chi connectivity index (χ3v) is 2.55. The van der Waals surface area contributed by atoms with Crippen LogP contribution in [0.25, 0.3) is 0 Å². The lowest BCUT2D eigenvalue weighted by atomic mass is 10.1. The lowest BCUT2D eigenvalue weighted by molar-refractivity contribution is -0.117. The summed E-state index contributed by atoms with van der Waals surface area (Å²) in [6, 6.07) is 7.10. The number of amides is 1. The molecule has 4 N–H and O–H groups in total. The highest BCUT2D eigenvalue weighted by Gasteiger charge is 2.07. The van der Waals surface area contributed by atoms with E-state index in [0.717, 1.165) is 5.56 Å². The Bertz CT molecular complexity index is 512. The molecule has 0 aliphatic rings. The molecule has 1 aromatic rings. The summed E-state index contributed by atoms with van der Waals surface area (Å²) >= 11 is 5.90. The first-order valence-corrected chi connectivity index (χ1v) is 6.05. The van der Waals surface area contributed by atoms with E-state index in [1.54, 1.807) is 25.2 Å². The van der Waals surface area contributed by atoms with E-state index >= 15 is 0 Å². The van der Waals surface area contributed by atoms with Gasteiger partial charge in [-0.2, -0.15) is 0 Å². The molecular weight excluding hydrogens is 266 g/mol. The molecule has 19 heavy (non-hydrogen) atoms. The molecule has 0 saturated carbocycles. The minimum Gasteiger partial charge on any atom is -0.395 e. The summed E-state index contributed by atoms with van der Waals surface area (Å²) in [6.45, 7) is 0.0190. The molecule has 0 aromatic heterocycles. The van der Waals surface area contributed by atoms with Gasteiger partial charge in [0, 0.05) is 24.2 Å². The van der Waals surface area contributed by atoms with E-state index in [0.29, 0.717) is 10.7 Å². The zero-order valence-electron chi connectivity index (χ0n) is 10.6. The van der Waals surface area contributed by atoms with E-state index < -0.39 is 5.91 Å². The normalized spacial score (nSPS) is 12.4. The maximum absolute atomic E-state index is 11.6. The minimum absolute atomic E-state index is 0.0222. The van der Waals surface area contributed by atoms with Gasteiger partial charge in [-0.05, 0) is 18.2 Å². The quantitative estimate of drug-likeness (QED) is 0.549. The molecule has 0 heterocycles. The van der Waals surface area contributed by atoms with Crippen LogP contribution in [0.2, 0.25) is 5.02 Å². The first-order valence-electron chi connectivity index (χ1n) is 5.67. The van der Waals surface area contributed by atoms with Crippen LogP contribution in [0.4, 0.5) is 0 Å². The third-order valence-electron chi connectivity index (χ3n) is 2.31. The Morgan fingerprint density at radius 2 is 2.32 bits per heavy atom. The number of carbonyl (C=O) groups is 1. The van der Waals surface area contributed by atoms with Gasteiger partial charge >= 0.3 is 0 Å². The highest BCUT2D eigenvalue weighted by molar-refractivity contribution is 6.31. The van der Waals surface area contributed by atoms with Crippen molar-refractivity contribution in [2.45, 2.75) is 0 Å². The van der Waals surface area contributed by atoms with Crippen molar-refractivity contribution in [3.8, 4) is 0 Å². The van der Waals surface area contributed by atoms with Crippen LogP contribution in [0, 0.1) is 0 Å². The number of hydrogen-bond donors (Lipinski definition) is 3. The Hall–Kier alpha value is -1.85. The third kappa shape index (κ3) is 4.73. The van der Waals surface area contributed by atoms with Crippen molar-refractivity contribution in [2.75, 3.05) is 20.2 Å². The van der Waals surface area contributed by atoms with E-state index in [1.165, 1.54) is 6.08 Å². The maximum atomic E-state index is 11.6. The molecule has 0 aliphatic heterocycles. The van der Waals surface area contributed by atoms with Gasteiger partial charge in [0.1, 0.15) is 0 Å². The van der Waals surface area contributed by atoms with Gasteiger partial charge in [-0.3, -0.25) is 9.79 Å². The van der Waals surface area contributed by atoms with Crippen LogP contribution in [0.15, 0.2) is 41.0 Å². The Labute approximate surface area is 116 Å². The number of aliphatic hydroxyl groups is 1. The number of aliphatic imine (C=N–C) groups is 1. The predicted octanol–water partition coefficient (Wildman–Crippen LogP) is 0.710. The number of rotatable bonds is 5. The largest absolute Gasteiger partial charge is 0.395 e. The molecule has 0 radical (unpaired) electrons. The first-order chi connectivity index (χ1) is 9.08. The second-order valence-electron chi connectivity index (χ2n) is 3.70. The van der Waals surface area contributed by atoms with E-state index in [2.05, 4.69) is 10.3 Å². The second-order valence-corrected chi connectivity index (χ2v) is 4.13. The molecular formula is C13H16ClN3O2. The van der Waals surface area contributed by atoms with Gasteiger partial charge in [-0.25, -0.2) is 0 Å². The summed E-state index contributed by atoms with van der Waals surface area (Å²) in [7, 11) is 1.60. The minimum atomic E-state index is -0.447. The number of benzene rings is 1. The average Bonchev–Trinajstić information content (AvgIpc) is 2.41. The molecule has 102 valence electrons. The van der Waals surface area contributed by atoms with E-state index in [-0.39, 0.29) is 18.8 Å². The smallest absolute Gasteiger partial charge is 0.267 e. The topological polar surface area (TPSA) is 87.7 Å². The molecule has 0 atom stereocenters. The predicted molar refractivity (Wildman–Crippen MR) is 76.3 cm³/mol. The van der Waals surface area contributed by atoms with Gasteiger partial charge in [0.05, 0.1) is 18.0 Å². The van der Waals surface area contributed by atoms with Gasteiger partial charge in [0.25, 0.3) is 5.91 Å². The van der Waals surface area contributed by atoms with Crippen LogP contribution in [-0.2, 0) is 4.79 Å². The Morgan fingerprint density at radius 3 is 2.89 bits per heavy atom. The number of nitrogens with zero attached hydrogens (tertiary/aromatic N) is 1. The van der Waals surface area contributed by atoms with Crippen molar-refractivity contribution < 1.29 is 9.90 Å². The molecule has 0 bridgehead atoms. The summed E-state index contributed by atoms with van der Waals surface area (Å²) in [5.74, 6) is -0.447. The van der Waals surface area contributed by atoms with E-state index in [1.807, 2.05) is 6.07 Å². The van der Waals surface area contributed by atoms with Crippen LogP contribution in [-0.4, -0.2) is 36.9 Å². The lowest BCUT2D eigenvalue weighted by Gasteiger charge is -2.05. The van der Waals surface area contributed by atoms with Crippen molar-refractivity contribution in [1.82, 2.24) is 5.32 Å². The fourth-order valence-corrected chi connectivity index (χ4v) is 1.60. The number of nitrogens with one attached hydrogen (secondary N) is 1. The second kappa shape index (κ2) is 7.56.